The van der Waals surface area contributed by atoms with E-state index in [-0.39, 0.29) is 28.4 Å². The SMILES string of the molecule is O=C(CSc1nccc(=O)[nH]1)CSc1nccc(=O)[nH]1. The molecule has 0 fully saturated rings. The highest BCUT2D eigenvalue weighted by Gasteiger charge is 2.06. The van der Waals surface area contributed by atoms with Gasteiger partial charge in [0.15, 0.2) is 16.1 Å². The normalized spacial score (nSPS) is 10.4. The van der Waals surface area contributed by atoms with Crippen LogP contribution in [-0.4, -0.2) is 37.2 Å². The number of aromatic amines is 2. The summed E-state index contributed by atoms with van der Waals surface area (Å²) in [5.41, 5.74) is -0.509. The predicted octanol–water partition coefficient (Wildman–Crippen LogP) is 0.307. The molecular formula is C11H10N4O3S2. The smallest absolute Gasteiger partial charge is 0.251 e. The van der Waals surface area contributed by atoms with Crippen LogP contribution in [0.1, 0.15) is 0 Å². The van der Waals surface area contributed by atoms with Crippen molar-refractivity contribution < 1.29 is 4.79 Å². The van der Waals surface area contributed by atoms with Crippen LogP contribution in [0.25, 0.3) is 0 Å². The zero-order valence-electron chi connectivity index (χ0n) is 10.2. The minimum Gasteiger partial charge on any atom is -0.301 e. The Morgan fingerprint density at radius 1 is 0.950 bits per heavy atom. The van der Waals surface area contributed by atoms with Crippen LogP contribution < -0.4 is 11.1 Å². The number of carbonyl (C=O) groups is 1. The molecule has 0 aliphatic heterocycles. The van der Waals surface area contributed by atoms with Crippen LogP contribution in [-0.2, 0) is 4.79 Å². The third-order valence-electron chi connectivity index (χ3n) is 2.04. The lowest BCUT2D eigenvalue weighted by molar-refractivity contribution is -0.114. The van der Waals surface area contributed by atoms with Crippen LogP contribution in [0, 0.1) is 0 Å². The van der Waals surface area contributed by atoms with Gasteiger partial charge in [-0.2, -0.15) is 0 Å². The van der Waals surface area contributed by atoms with Gasteiger partial charge in [-0.05, 0) is 0 Å². The molecule has 20 heavy (non-hydrogen) atoms. The van der Waals surface area contributed by atoms with Crippen LogP contribution in [0.5, 0.6) is 0 Å². The number of H-pyrrole nitrogens is 2. The number of hydrogen-bond acceptors (Lipinski definition) is 7. The van der Waals surface area contributed by atoms with Crippen molar-refractivity contribution >= 4 is 29.3 Å². The van der Waals surface area contributed by atoms with Crippen LogP contribution in [0.2, 0.25) is 0 Å². The van der Waals surface area contributed by atoms with E-state index >= 15 is 0 Å². The van der Waals surface area contributed by atoms with Gasteiger partial charge in [-0.1, -0.05) is 23.5 Å². The first kappa shape index (κ1) is 14.5. The maximum atomic E-state index is 11.7. The number of aromatic nitrogens is 4. The molecule has 0 aromatic carbocycles. The number of hydrogen-bond donors (Lipinski definition) is 2. The van der Waals surface area contributed by atoms with E-state index in [0.717, 1.165) is 23.5 Å². The van der Waals surface area contributed by atoms with Gasteiger partial charge in [-0.3, -0.25) is 14.4 Å². The molecule has 0 aliphatic carbocycles. The van der Waals surface area contributed by atoms with Crippen LogP contribution >= 0.6 is 23.5 Å². The largest absolute Gasteiger partial charge is 0.301 e. The van der Waals surface area contributed by atoms with Gasteiger partial charge >= 0.3 is 0 Å². The molecule has 0 radical (unpaired) electrons. The van der Waals surface area contributed by atoms with Crippen molar-refractivity contribution in [3.63, 3.8) is 0 Å². The summed E-state index contributed by atoms with van der Waals surface area (Å²) in [4.78, 5) is 46.7. The predicted molar refractivity (Wildman–Crippen MR) is 76.2 cm³/mol. The number of nitrogens with one attached hydrogen (secondary N) is 2. The molecule has 0 saturated carbocycles. The van der Waals surface area contributed by atoms with Gasteiger partial charge in [0.25, 0.3) is 11.1 Å². The minimum atomic E-state index is -0.254. The highest BCUT2D eigenvalue weighted by molar-refractivity contribution is 8.01. The van der Waals surface area contributed by atoms with Crippen molar-refractivity contribution in [3.8, 4) is 0 Å². The molecule has 0 aliphatic rings. The Labute approximate surface area is 121 Å². The highest BCUT2D eigenvalue weighted by atomic mass is 32.2. The Morgan fingerprint density at radius 2 is 1.40 bits per heavy atom. The van der Waals surface area contributed by atoms with E-state index in [0.29, 0.717) is 10.3 Å². The zero-order valence-corrected chi connectivity index (χ0v) is 11.8. The number of nitrogens with zero attached hydrogens (tertiary/aromatic N) is 2. The van der Waals surface area contributed by atoms with Crippen molar-refractivity contribution in [2.75, 3.05) is 11.5 Å². The Bertz CT molecular complexity index is 653. The maximum Gasteiger partial charge on any atom is 0.251 e. The van der Waals surface area contributed by atoms with Gasteiger partial charge in [-0.25, -0.2) is 9.97 Å². The molecule has 0 unspecified atom stereocenters. The molecule has 2 aromatic rings. The molecule has 7 nitrogen and oxygen atoms in total. The molecule has 0 spiro atoms. The topological polar surface area (TPSA) is 109 Å². The average Bonchev–Trinajstić information content (AvgIpc) is 2.43. The van der Waals surface area contributed by atoms with E-state index in [9.17, 15) is 14.4 Å². The summed E-state index contributed by atoms with van der Waals surface area (Å²) < 4.78 is 0. The van der Waals surface area contributed by atoms with Crippen molar-refractivity contribution in [1.29, 1.82) is 0 Å². The maximum absolute atomic E-state index is 11.7. The van der Waals surface area contributed by atoms with Crippen LogP contribution in [0.15, 0.2) is 44.4 Å². The molecule has 2 aromatic heterocycles. The molecular weight excluding hydrogens is 300 g/mol. The second kappa shape index (κ2) is 7.06. The average molecular weight is 310 g/mol. The Morgan fingerprint density at radius 3 is 1.80 bits per heavy atom. The zero-order chi connectivity index (χ0) is 14.4. The molecule has 2 N–H and O–H groups in total. The fourth-order valence-corrected chi connectivity index (χ4v) is 2.74. The van der Waals surface area contributed by atoms with E-state index in [1.165, 1.54) is 24.5 Å². The summed E-state index contributed by atoms with van der Waals surface area (Å²) in [7, 11) is 0. The third kappa shape index (κ3) is 4.67. The summed E-state index contributed by atoms with van der Waals surface area (Å²) in [5, 5.41) is 0.809. The van der Waals surface area contributed by atoms with E-state index in [4.69, 9.17) is 0 Å². The van der Waals surface area contributed by atoms with Crippen molar-refractivity contribution in [2.24, 2.45) is 0 Å². The Hall–Kier alpha value is -1.87. The van der Waals surface area contributed by atoms with Crippen molar-refractivity contribution in [1.82, 2.24) is 19.9 Å². The standard InChI is InChI=1S/C11H10N4O3S2/c16-7(5-19-10-12-3-1-8(17)14-10)6-20-11-13-4-2-9(18)15-11/h1-4H,5-6H2,(H,12,14,17)(H,13,15,18). The molecule has 2 heterocycles. The summed E-state index contributed by atoms with van der Waals surface area (Å²) in [6.07, 6.45) is 2.78. The lowest BCUT2D eigenvalue weighted by Gasteiger charge is -2.00. The van der Waals surface area contributed by atoms with Gasteiger partial charge in [-0.15, -0.1) is 0 Å². The van der Waals surface area contributed by atoms with Gasteiger partial charge < -0.3 is 9.97 Å². The van der Waals surface area contributed by atoms with Crippen molar-refractivity contribution in [2.45, 2.75) is 10.3 Å². The third-order valence-corrected chi connectivity index (χ3v) is 3.93. The first-order chi connectivity index (χ1) is 9.63. The summed E-state index contributed by atoms with van der Waals surface area (Å²) in [5.74, 6) is 0.339. The molecule has 9 heteroatoms. The summed E-state index contributed by atoms with van der Waals surface area (Å²) in [6, 6.07) is 2.61. The first-order valence-corrected chi connectivity index (χ1v) is 7.48. The highest BCUT2D eigenvalue weighted by Crippen LogP contribution is 2.14. The second-order valence-electron chi connectivity index (χ2n) is 3.59. The number of thioether (sulfide) groups is 2. The van der Waals surface area contributed by atoms with Crippen LogP contribution in [0.4, 0.5) is 0 Å². The fraction of sp³-hybridized carbons (Fsp3) is 0.182. The quantitative estimate of drug-likeness (QED) is 0.583. The van der Waals surface area contributed by atoms with E-state index in [1.807, 2.05) is 0 Å². The first-order valence-electron chi connectivity index (χ1n) is 5.51. The Balaban J connectivity index is 1.81. The minimum absolute atomic E-state index is 0.0435. The summed E-state index contributed by atoms with van der Waals surface area (Å²) in [6.45, 7) is 0. The number of carbonyl (C=O) groups excluding carboxylic acids is 1. The number of ketones is 1. The summed E-state index contributed by atoms with van der Waals surface area (Å²) >= 11 is 2.32. The molecule has 0 saturated heterocycles. The monoisotopic (exact) mass is 310 g/mol. The second-order valence-corrected chi connectivity index (χ2v) is 5.52. The Kier molecular flexibility index (Phi) is 5.13. The molecule has 2 rings (SSSR count). The van der Waals surface area contributed by atoms with Gasteiger partial charge in [0, 0.05) is 24.5 Å². The van der Waals surface area contributed by atoms with E-state index < -0.39 is 0 Å². The van der Waals surface area contributed by atoms with Gasteiger partial charge in [0.05, 0.1) is 11.5 Å². The molecule has 104 valence electrons. The van der Waals surface area contributed by atoms with Gasteiger partial charge in [0.2, 0.25) is 0 Å². The van der Waals surface area contributed by atoms with E-state index in [1.54, 1.807) is 0 Å². The molecule has 0 atom stereocenters. The number of Topliss-reactive ketones (excluding diaryl/α,β-unsaturated/α-hetero) is 1. The fourth-order valence-electron chi connectivity index (χ4n) is 1.19. The lowest BCUT2D eigenvalue weighted by atomic mass is 10.5. The number of rotatable bonds is 6. The molecule has 0 bridgehead atoms. The van der Waals surface area contributed by atoms with Crippen LogP contribution in [0.3, 0.4) is 0 Å². The molecule has 0 amide bonds. The van der Waals surface area contributed by atoms with Crippen molar-refractivity contribution in [3.05, 3.63) is 45.2 Å². The van der Waals surface area contributed by atoms with E-state index in [2.05, 4.69) is 19.9 Å². The van der Waals surface area contributed by atoms with Gasteiger partial charge in [0.1, 0.15) is 0 Å². The lowest BCUT2D eigenvalue weighted by Crippen LogP contribution is -2.10.